The van der Waals surface area contributed by atoms with Crippen molar-refractivity contribution < 1.29 is 36.7 Å². The predicted molar refractivity (Wildman–Crippen MR) is 124 cm³/mol. The predicted octanol–water partition coefficient (Wildman–Crippen LogP) is 1.21. The third-order valence-electron chi connectivity index (χ3n) is 8.19. The van der Waals surface area contributed by atoms with Gasteiger partial charge in [-0.05, 0) is 24.2 Å². The van der Waals surface area contributed by atoms with E-state index in [9.17, 15) is 42.0 Å². The minimum absolute atomic E-state index is 0.0484. The van der Waals surface area contributed by atoms with E-state index in [4.69, 9.17) is 0 Å². The molecule has 0 aromatic heterocycles. The standard InChI is InChI=1S/C25H31F4N5O4/c1-24(2,3)19(33-23(38)25(27,28)29)22(37)34-10-15-13-4-5-14(17(13)26)16(15)18(34)21(36)32-12(9-30)8-11-6-7-31-20(11)35/h4-5,11-19H,6-8,10H2,1-3H3,(H,31,35)(H,32,36)(H,33,38)/t11-,12-,13?,14?,15?,16?,17?,18?,19+/m0/s1. The van der Waals surface area contributed by atoms with Gasteiger partial charge in [0.15, 0.2) is 0 Å². The molecule has 0 aromatic rings. The topological polar surface area (TPSA) is 131 Å². The van der Waals surface area contributed by atoms with Crippen LogP contribution in [0.4, 0.5) is 17.6 Å². The van der Waals surface area contributed by atoms with Crippen molar-refractivity contribution in [3.8, 4) is 6.07 Å². The summed E-state index contributed by atoms with van der Waals surface area (Å²) in [5.41, 5.74) is -1.15. The van der Waals surface area contributed by atoms with Crippen LogP contribution in [-0.4, -0.2) is 72.1 Å². The lowest BCUT2D eigenvalue weighted by Crippen LogP contribution is -2.60. The number of amides is 4. The molecular formula is C25H31F4N5O4. The van der Waals surface area contributed by atoms with Crippen molar-refractivity contribution >= 4 is 23.6 Å². The zero-order chi connectivity index (χ0) is 28.2. The first kappa shape index (κ1) is 27.9. The molecule has 3 fully saturated rings. The lowest BCUT2D eigenvalue weighted by Gasteiger charge is -2.37. The summed E-state index contributed by atoms with van der Waals surface area (Å²) in [7, 11) is 0. The maximum atomic E-state index is 15.0. The van der Waals surface area contributed by atoms with Gasteiger partial charge in [0.1, 0.15) is 24.3 Å². The Morgan fingerprint density at radius 1 is 1.18 bits per heavy atom. The maximum Gasteiger partial charge on any atom is 0.471 e. The Morgan fingerprint density at radius 3 is 2.39 bits per heavy atom. The average Bonchev–Trinajstić information content (AvgIpc) is 3.56. The number of hydrogen-bond acceptors (Lipinski definition) is 5. The van der Waals surface area contributed by atoms with Gasteiger partial charge in [0.25, 0.3) is 0 Å². The molecule has 4 aliphatic rings. The SMILES string of the molecule is CC(C)(C)[C@H](NC(=O)C(F)(F)F)C(=O)N1CC2C3C=CC(C3F)C2C1C(=O)N[C@H](C#N)C[C@@H]1CCNC1=O. The van der Waals surface area contributed by atoms with Crippen molar-refractivity contribution in [2.24, 2.45) is 35.0 Å². The molecule has 9 atom stereocenters. The summed E-state index contributed by atoms with van der Waals surface area (Å²) in [6, 6.07) is -1.99. The lowest BCUT2D eigenvalue weighted by atomic mass is 9.81. The van der Waals surface area contributed by atoms with Crippen LogP contribution < -0.4 is 16.0 Å². The molecule has 0 radical (unpaired) electrons. The van der Waals surface area contributed by atoms with Crippen LogP contribution in [0.2, 0.25) is 0 Å². The lowest BCUT2D eigenvalue weighted by molar-refractivity contribution is -0.176. The van der Waals surface area contributed by atoms with Crippen molar-refractivity contribution in [1.82, 2.24) is 20.9 Å². The largest absolute Gasteiger partial charge is 0.471 e. The van der Waals surface area contributed by atoms with Crippen molar-refractivity contribution in [2.45, 2.75) is 64.1 Å². The Hall–Kier alpha value is -3.17. The summed E-state index contributed by atoms with van der Waals surface area (Å²) in [6.45, 7) is 4.83. The fourth-order valence-electron chi connectivity index (χ4n) is 6.35. The van der Waals surface area contributed by atoms with Crippen LogP contribution in [0, 0.1) is 46.3 Å². The molecule has 13 heteroatoms. The quantitative estimate of drug-likeness (QED) is 0.344. The molecule has 2 bridgehead atoms. The number of halogens is 4. The molecule has 208 valence electrons. The minimum Gasteiger partial charge on any atom is -0.356 e. The second-order valence-corrected chi connectivity index (χ2v) is 11.6. The number of likely N-dealkylation sites (tertiary alicyclic amines) is 1. The number of rotatable bonds is 6. The number of fused-ring (bicyclic) bond motifs is 5. The van der Waals surface area contributed by atoms with Gasteiger partial charge < -0.3 is 20.9 Å². The first-order chi connectivity index (χ1) is 17.6. The van der Waals surface area contributed by atoms with Crippen LogP contribution in [0.5, 0.6) is 0 Å². The Morgan fingerprint density at radius 2 is 1.84 bits per heavy atom. The first-order valence-electron chi connectivity index (χ1n) is 12.6. The summed E-state index contributed by atoms with van der Waals surface area (Å²) in [5.74, 6) is -6.92. The summed E-state index contributed by atoms with van der Waals surface area (Å²) < 4.78 is 54.1. The number of carbonyl (C=O) groups excluding carboxylic acids is 4. The molecular weight excluding hydrogens is 510 g/mol. The molecule has 0 spiro atoms. The highest BCUT2D eigenvalue weighted by molar-refractivity contribution is 5.94. The second kappa shape index (κ2) is 9.85. The fourth-order valence-corrected chi connectivity index (χ4v) is 6.35. The molecule has 2 aliphatic carbocycles. The number of nitrogens with one attached hydrogen (secondary N) is 3. The fraction of sp³-hybridized carbons (Fsp3) is 0.720. The third kappa shape index (κ3) is 4.97. The van der Waals surface area contributed by atoms with E-state index >= 15 is 0 Å². The highest BCUT2D eigenvalue weighted by Crippen LogP contribution is 2.55. The first-order valence-corrected chi connectivity index (χ1v) is 12.6. The van der Waals surface area contributed by atoms with E-state index in [0.717, 1.165) is 4.90 Å². The van der Waals surface area contributed by atoms with E-state index in [0.29, 0.717) is 13.0 Å². The van der Waals surface area contributed by atoms with Crippen molar-refractivity contribution in [2.75, 3.05) is 13.1 Å². The van der Waals surface area contributed by atoms with Crippen molar-refractivity contribution in [3.63, 3.8) is 0 Å². The molecule has 2 saturated heterocycles. The van der Waals surface area contributed by atoms with Crippen LogP contribution in [0.15, 0.2) is 12.2 Å². The zero-order valence-electron chi connectivity index (χ0n) is 21.2. The van der Waals surface area contributed by atoms with Gasteiger partial charge in [-0.25, -0.2) is 4.39 Å². The molecule has 2 aliphatic heterocycles. The van der Waals surface area contributed by atoms with Crippen LogP contribution >= 0.6 is 0 Å². The van der Waals surface area contributed by atoms with Gasteiger partial charge in [-0.2, -0.15) is 18.4 Å². The number of carbonyl (C=O) groups is 4. The summed E-state index contributed by atoms with van der Waals surface area (Å²) in [4.78, 5) is 52.2. The normalized spacial score (nSPS) is 33.4. The highest BCUT2D eigenvalue weighted by atomic mass is 19.4. The van der Waals surface area contributed by atoms with Crippen LogP contribution in [0.3, 0.4) is 0 Å². The minimum atomic E-state index is -5.22. The molecule has 6 unspecified atom stereocenters. The molecule has 38 heavy (non-hydrogen) atoms. The number of nitriles is 1. The van der Waals surface area contributed by atoms with Gasteiger partial charge in [0, 0.05) is 36.8 Å². The molecule has 4 rings (SSSR count). The van der Waals surface area contributed by atoms with Gasteiger partial charge >= 0.3 is 12.1 Å². The molecule has 3 N–H and O–H groups in total. The Balaban J connectivity index is 1.61. The zero-order valence-corrected chi connectivity index (χ0v) is 21.2. The Labute approximate surface area is 217 Å². The highest BCUT2D eigenvalue weighted by Gasteiger charge is 2.63. The van der Waals surface area contributed by atoms with E-state index in [1.54, 1.807) is 17.5 Å². The van der Waals surface area contributed by atoms with Crippen LogP contribution in [-0.2, 0) is 19.2 Å². The van der Waals surface area contributed by atoms with Gasteiger partial charge in [-0.1, -0.05) is 32.9 Å². The molecule has 2 heterocycles. The molecule has 0 aromatic carbocycles. The monoisotopic (exact) mass is 541 g/mol. The smallest absolute Gasteiger partial charge is 0.356 e. The average molecular weight is 542 g/mol. The van der Waals surface area contributed by atoms with E-state index in [-0.39, 0.29) is 18.9 Å². The summed E-state index contributed by atoms with van der Waals surface area (Å²) >= 11 is 0. The maximum absolute atomic E-state index is 15.0. The summed E-state index contributed by atoms with van der Waals surface area (Å²) in [5, 5.41) is 16.7. The van der Waals surface area contributed by atoms with Crippen molar-refractivity contribution in [1.29, 1.82) is 5.26 Å². The van der Waals surface area contributed by atoms with Gasteiger partial charge in [-0.3, -0.25) is 19.2 Å². The Bertz CT molecular complexity index is 1080. The molecule has 4 amide bonds. The van der Waals surface area contributed by atoms with Crippen LogP contribution in [0.1, 0.15) is 33.6 Å². The molecule has 9 nitrogen and oxygen atoms in total. The Kier molecular flexibility index (Phi) is 7.22. The van der Waals surface area contributed by atoms with E-state index in [1.165, 1.54) is 20.8 Å². The van der Waals surface area contributed by atoms with Gasteiger partial charge in [0.2, 0.25) is 17.7 Å². The molecule has 1 saturated carbocycles. The number of allylic oxidation sites excluding steroid dienone is 2. The second-order valence-electron chi connectivity index (χ2n) is 11.6. The van der Waals surface area contributed by atoms with E-state index in [2.05, 4.69) is 10.6 Å². The van der Waals surface area contributed by atoms with Gasteiger partial charge in [-0.15, -0.1) is 0 Å². The van der Waals surface area contributed by atoms with Gasteiger partial charge in [0.05, 0.1) is 6.07 Å². The van der Waals surface area contributed by atoms with Crippen LogP contribution in [0.25, 0.3) is 0 Å². The number of alkyl halides is 4. The third-order valence-corrected chi connectivity index (χ3v) is 8.19. The van der Waals surface area contributed by atoms with E-state index < -0.39 is 83.2 Å². The number of nitrogens with zero attached hydrogens (tertiary/aromatic N) is 2. The van der Waals surface area contributed by atoms with E-state index in [1.807, 2.05) is 6.07 Å². The summed E-state index contributed by atoms with van der Waals surface area (Å²) in [6.07, 6.45) is -2.58. The van der Waals surface area contributed by atoms with Crippen molar-refractivity contribution in [3.05, 3.63) is 12.2 Å². The number of hydrogen-bond donors (Lipinski definition) is 3.